The normalized spacial score (nSPS) is 10.6. The van der Waals surface area contributed by atoms with Gasteiger partial charge in [-0.3, -0.25) is 25.0 Å². The van der Waals surface area contributed by atoms with Crippen LogP contribution in [0.2, 0.25) is 0 Å². The molecule has 3 N–H and O–H groups in total. The third-order valence-corrected chi connectivity index (χ3v) is 5.97. The number of aromatic nitrogens is 2. The highest BCUT2D eigenvalue weighted by atomic mass is 32.1. The molecule has 5 rings (SSSR count). The molecule has 0 atom stereocenters. The van der Waals surface area contributed by atoms with E-state index in [0.29, 0.717) is 28.0 Å². The molecule has 0 saturated heterocycles. The Morgan fingerprint density at radius 1 is 0.838 bits per heavy atom. The molecule has 0 spiro atoms. The predicted octanol–water partition coefficient (Wildman–Crippen LogP) is 4.99. The van der Waals surface area contributed by atoms with Crippen molar-refractivity contribution in [3.63, 3.8) is 0 Å². The van der Waals surface area contributed by atoms with Crippen molar-refractivity contribution in [2.45, 2.75) is 6.92 Å². The van der Waals surface area contributed by atoms with Gasteiger partial charge in [-0.1, -0.05) is 54.6 Å². The number of hydrogen-bond donors (Lipinski definition) is 3. The number of para-hydroxylation sites is 1. The van der Waals surface area contributed by atoms with Crippen LogP contribution in [0.3, 0.4) is 0 Å². The van der Waals surface area contributed by atoms with Gasteiger partial charge < -0.3 is 5.32 Å². The van der Waals surface area contributed by atoms with Crippen molar-refractivity contribution >= 4 is 39.8 Å². The van der Waals surface area contributed by atoms with Gasteiger partial charge in [-0.2, -0.15) is 0 Å². The summed E-state index contributed by atoms with van der Waals surface area (Å²) < 4.78 is 1.57. The molecule has 1 aromatic heterocycles. The van der Waals surface area contributed by atoms with Crippen LogP contribution in [0.25, 0.3) is 28.0 Å². The lowest BCUT2D eigenvalue weighted by Gasteiger charge is -2.15. The summed E-state index contributed by atoms with van der Waals surface area (Å²) in [5, 5.41) is 3.80. The standard InChI is InChI=1S/C29H23N5O2S/c1-19-8-7-11-22(18-19)30-29(37)33-32-27(35)21-14-16-23(17-15-21)34-26(20-9-3-2-4-10-20)31-25-13-6-5-12-24(25)28(34)36/h2-18H,1H3,(H,32,35)(H2,30,33,37). The topological polar surface area (TPSA) is 88.0 Å². The summed E-state index contributed by atoms with van der Waals surface area (Å²) in [4.78, 5) is 31.0. The van der Waals surface area contributed by atoms with Crippen LogP contribution in [-0.4, -0.2) is 20.6 Å². The average molecular weight is 506 g/mol. The molecule has 7 nitrogen and oxygen atoms in total. The Hall–Kier alpha value is -4.82. The Kier molecular flexibility index (Phi) is 6.74. The molecule has 1 amide bonds. The summed E-state index contributed by atoms with van der Waals surface area (Å²) >= 11 is 5.26. The van der Waals surface area contributed by atoms with E-state index in [0.717, 1.165) is 16.8 Å². The maximum absolute atomic E-state index is 13.5. The molecule has 0 aliphatic carbocycles. The van der Waals surface area contributed by atoms with E-state index in [9.17, 15) is 9.59 Å². The van der Waals surface area contributed by atoms with Crippen molar-refractivity contribution in [3.8, 4) is 17.1 Å². The molecule has 37 heavy (non-hydrogen) atoms. The number of thiocarbonyl (C=S) groups is 1. The van der Waals surface area contributed by atoms with Crippen molar-refractivity contribution < 1.29 is 4.79 Å². The fraction of sp³-hybridized carbons (Fsp3) is 0.0345. The van der Waals surface area contributed by atoms with E-state index in [-0.39, 0.29) is 16.6 Å². The van der Waals surface area contributed by atoms with E-state index in [4.69, 9.17) is 17.2 Å². The molecule has 182 valence electrons. The molecule has 1 heterocycles. The first-order valence-corrected chi connectivity index (χ1v) is 12.0. The molecular weight excluding hydrogens is 482 g/mol. The monoisotopic (exact) mass is 505 g/mol. The third kappa shape index (κ3) is 5.24. The van der Waals surface area contributed by atoms with E-state index in [1.807, 2.05) is 79.7 Å². The summed E-state index contributed by atoms with van der Waals surface area (Å²) in [5.74, 6) is 0.156. The van der Waals surface area contributed by atoms with Crippen LogP contribution in [-0.2, 0) is 0 Å². The number of nitrogens with one attached hydrogen (secondary N) is 3. The SMILES string of the molecule is Cc1cccc(NC(=S)NNC(=O)c2ccc(-n3c(-c4ccccc4)nc4ccccc4c3=O)cc2)c1. The second kappa shape index (κ2) is 10.4. The highest BCUT2D eigenvalue weighted by Crippen LogP contribution is 2.22. The number of benzene rings is 4. The number of aryl methyl sites for hydroxylation is 1. The highest BCUT2D eigenvalue weighted by molar-refractivity contribution is 7.80. The minimum atomic E-state index is -0.368. The molecule has 0 fully saturated rings. The molecule has 0 aliphatic heterocycles. The number of hydrazine groups is 1. The zero-order valence-corrected chi connectivity index (χ0v) is 20.8. The Balaban J connectivity index is 1.39. The number of anilines is 1. The van der Waals surface area contributed by atoms with Gasteiger partial charge in [0.25, 0.3) is 11.5 Å². The van der Waals surface area contributed by atoms with Gasteiger partial charge in [0.2, 0.25) is 0 Å². The van der Waals surface area contributed by atoms with Gasteiger partial charge in [-0.25, -0.2) is 4.98 Å². The van der Waals surface area contributed by atoms with E-state index in [1.165, 1.54) is 0 Å². The van der Waals surface area contributed by atoms with E-state index in [2.05, 4.69) is 16.2 Å². The van der Waals surface area contributed by atoms with Gasteiger partial charge >= 0.3 is 0 Å². The zero-order valence-electron chi connectivity index (χ0n) is 19.9. The molecule has 0 unspecified atom stereocenters. The van der Waals surface area contributed by atoms with Gasteiger partial charge in [0, 0.05) is 16.8 Å². The van der Waals surface area contributed by atoms with Crippen LogP contribution in [0.1, 0.15) is 15.9 Å². The highest BCUT2D eigenvalue weighted by Gasteiger charge is 2.15. The number of nitrogens with zero attached hydrogens (tertiary/aromatic N) is 2. The maximum Gasteiger partial charge on any atom is 0.269 e. The fourth-order valence-electron chi connectivity index (χ4n) is 3.99. The lowest BCUT2D eigenvalue weighted by atomic mass is 10.1. The first kappa shape index (κ1) is 23.9. The van der Waals surface area contributed by atoms with Crippen LogP contribution in [0.15, 0.2) is 108 Å². The zero-order chi connectivity index (χ0) is 25.8. The minimum Gasteiger partial charge on any atom is -0.331 e. The number of rotatable bonds is 4. The van der Waals surface area contributed by atoms with Crippen molar-refractivity contribution in [2.24, 2.45) is 0 Å². The van der Waals surface area contributed by atoms with Crippen molar-refractivity contribution in [1.82, 2.24) is 20.4 Å². The Morgan fingerprint density at radius 3 is 2.32 bits per heavy atom. The second-order valence-corrected chi connectivity index (χ2v) is 8.82. The summed E-state index contributed by atoms with van der Waals surface area (Å²) in [6.45, 7) is 1.98. The van der Waals surface area contributed by atoms with Crippen LogP contribution in [0.5, 0.6) is 0 Å². The van der Waals surface area contributed by atoms with E-state index in [1.54, 1.807) is 34.9 Å². The van der Waals surface area contributed by atoms with Gasteiger partial charge in [-0.05, 0) is 73.2 Å². The van der Waals surface area contributed by atoms with Crippen molar-refractivity contribution in [2.75, 3.05) is 5.32 Å². The number of amides is 1. The van der Waals surface area contributed by atoms with Crippen LogP contribution < -0.4 is 21.7 Å². The summed E-state index contributed by atoms with van der Waals surface area (Å²) in [6, 6.07) is 31.3. The van der Waals surface area contributed by atoms with Crippen LogP contribution >= 0.6 is 12.2 Å². The maximum atomic E-state index is 13.5. The van der Waals surface area contributed by atoms with Gasteiger partial charge in [-0.15, -0.1) is 0 Å². The number of hydrogen-bond acceptors (Lipinski definition) is 4. The smallest absolute Gasteiger partial charge is 0.269 e. The molecule has 0 saturated carbocycles. The molecule has 8 heteroatoms. The largest absolute Gasteiger partial charge is 0.331 e. The molecule has 0 radical (unpaired) electrons. The Bertz CT molecular complexity index is 1660. The number of fused-ring (bicyclic) bond motifs is 1. The molecule has 4 aromatic carbocycles. The van der Waals surface area contributed by atoms with Crippen molar-refractivity contribution in [3.05, 3.63) is 125 Å². The summed E-state index contributed by atoms with van der Waals surface area (Å²) in [6.07, 6.45) is 0. The molecular formula is C29H23N5O2S. The summed E-state index contributed by atoms with van der Waals surface area (Å²) in [7, 11) is 0. The number of carbonyl (C=O) groups is 1. The first-order valence-electron chi connectivity index (χ1n) is 11.6. The van der Waals surface area contributed by atoms with E-state index >= 15 is 0 Å². The van der Waals surface area contributed by atoms with Crippen molar-refractivity contribution in [1.29, 1.82) is 0 Å². The van der Waals surface area contributed by atoms with E-state index < -0.39 is 0 Å². The lowest BCUT2D eigenvalue weighted by molar-refractivity contribution is 0.0944. The van der Waals surface area contributed by atoms with Gasteiger partial charge in [0.05, 0.1) is 16.6 Å². The lowest BCUT2D eigenvalue weighted by Crippen LogP contribution is -2.43. The Labute approximate surface area is 218 Å². The van der Waals surface area contributed by atoms with Gasteiger partial charge in [0.1, 0.15) is 5.82 Å². The Morgan fingerprint density at radius 2 is 1.57 bits per heavy atom. The molecule has 5 aromatic rings. The predicted molar refractivity (Wildman–Crippen MR) is 151 cm³/mol. The number of carbonyl (C=O) groups excluding carboxylic acids is 1. The molecule has 0 aliphatic rings. The summed E-state index contributed by atoms with van der Waals surface area (Å²) in [5.41, 5.74) is 9.47. The minimum absolute atomic E-state index is 0.184. The fourth-order valence-corrected chi connectivity index (χ4v) is 4.15. The van der Waals surface area contributed by atoms with Crippen LogP contribution in [0.4, 0.5) is 5.69 Å². The average Bonchev–Trinajstić information content (AvgIpc) is 2.92. The quantitative estimate of drug-likeness (QED) is 0.236. The molecule has 0 bridgehead atoms. The second-order valence-electron chi connectivity index (χ2n) is 8.41. The van der Waals surface area contributed by atoms with Gasteiger partial charge in [0.15, 0.2) is 5.11 Å². The first-order chi connectivity index (χ1) is 18.0. The third-order valence-electron chi connectivity index (χ3n) is 5.76. The van der Waals surface area contributed by atoms with Crippen LogP contribution in [0, 0.1) is 6.92 Å².